The van der Waals surface area contributed by atoms with Gasteiger partial charge in [-0.2, -0.15) is 0 Å². The van der Waals surface area contributed by atoms with Crippen molar-refractivity contribution in [2.45, 2.75) is 20.4 Å². The molecule has 0 spiro atoms. The summed E-state index contributed by atoms with van der Waals surface area (Å²) in [6, 6.07) is 21.2. The largest absolute Gasteiger partial charge is 0.331 e. The molecule has 4 nitrogen and oxygen atoms in total. The molecule has 3 aromatic carbocycles. The number of benzene rings is 3. The van der Waals surface area contributed by atoms with Gasteiger partial charge in [0, 0.05) is 12.2 Å². The lowest BCUT2D eigenvalue weighted by Crippen LogP contribution is -2.35. The molecule has 0 saturated heterocycles. The van der Waals surface area contributed by atoms with Crippen LogP contribution in [-0.2, 0) is 6.54 Å². The summed E-state index contributed by atoms with van der Waals surface area (Å²) in [7, 11) is 0. The molecule has 0 aliphatic heterocycles. The molecule has 1 amide bonds. The number of carbonyl (C=O) groups is 1. The van der Waals surface area contributed by atoms with Crippen molar-refractivity contribution in [1.82, 2.24) is 14.5 Å². The Kier molecular flexibility index (Phi) is 5.80. The third-order valence-electron chi connectivity index (χ3n) is 5.03. The molecule has 0 saturated carbocycles. The Balaban J connectivity index is 1.79. The summed E-state index contributed by atoms with van der Waals surface area (Å²) in [6.07, 6.45) is 0. The first-order valence-electron chi connectivity index (χ1n) is 10.2. The van der Waals surface area contributed by atoms with Crippen LogP contribution in [0.3, 0.4) is 0 Å². The topological polar surface area (TPSA) is 38.1 Å². The zero-order valence-electron chi connectivity index (χ0n) is 17.4. The first-order chi connectivity index (χ1) is 15.0. The summed E-state index contributed by atoms with van der Waals surface area (Å²) < 4.78 is 30.1. The molecule has 0 fully saturated rings. The van der Waals surface area contributed by atoms with Crippen LogP contribution in [0.1, 0.15) is 30.0 Å². The van der Waals surface area contributed by atoms with Crippen LogP contribution in [0.25, 0.3) is 16.7 Å². The van der Waals surface area contributed by atoms with E-state index in [4.69, 9.17) is 4.98 Å². The SMILES string of the molecule is CC(C)CN(Cc1nc2ccccc2n1-c1ccccc1)C(=O)c1cccc(F)c1F. The molecule has 0 unspecified atom stereocenters. The Hall–Kier alpha value is -3.54. The van der Waals surface area contributed by atoms with E-state index in [1.54, 1.807) is 0 Å². The van der Waals surface area contributed by atoms with Crippen molar-refractivity contribution in [2.75, 3.05) is 6.54 Å². The quantitative estimate of drug-likeness (QED) is 0.408. The van der Waals surface area contributed by atoms with Crippen LogP contribution in [-0.4, -0.2) is 26.9 Å². The number of hydrogen-bond acceptors (Lipinski definition) is 2. The predicted octanol–water partition coefficient (Wildman–Crippen LogP) is 5.60. The van der Waals surface area contributed by atoms with Crippen molar-refractivity contribution < 1.29 is 13.6 Å². The van der Waals surface area contributed by atoms with Gasteiger partial charge in [-0.15, -0.1) is 0 Å². The fourth-order valence-electron chi connectivity index (χ4n) is 3.72. The average molecular weight is 419 g/mol. The van der Waals surface area contributed by atoms with Crippen LogP contribution in [0.5, 0.6) is 0 Å². The normalized spacial score (nSPS) is 11.3. The lowest BCUT2D eigenvalue weighted by Gasteiger charge is -2.25. The van der Waals surface area contributed by atoms with Gasteiger partial charge in [-0.05, 0) is 42.3 Å². The van der Waals surface area contributed by atoms with Gasteiger partial charge in [0.05, 0.1) is 23.1 Å². The molecule has 4 rings (SSSR count). The predicted molar refractivity (Wildman–Crippen MR) is 117 cm³/mol. The van der Waals surface area contributed by atoms with Crippen LogP contribution in [0.4, 0.5) is 8.78 Å². The van der Waals surface area contributed by atoms with Crippen LogP contribution in [0, 0.1) is 17.6 Å². The number of aromatic nitrogens is 2. The molecule has 0 atom stereocenters. The minimum Gasteiger partial charge on any atom is -0.331 e. The second kappa shape index (κ2) is 8.68. The fraction of sp³-hybridized carbons (Fsp3) is 0.200. The van der Waals surface area contributed by atoms with Gasteiger partial charge in [-0.1, -0.05) is 50.2 Å². The van der Waals surface area contributed by atoms with E-state index in [1.165, 1.54) is 17.0 Å². The van der Waals surface area contributed by atoms with Gasteiger partial charge in [0.1, 0.15) is 5.82 Å². The molecule has 31 heavy (non-hydrogen) atoms. The number of halogens is 2. The van der Waals surface area contributed by atoms with E-state index in [0.717, 1.165) is 22.8 Å². The van der Waals surface area contributed by atoms with Crippen LogP contribution >= 0.6 is 0 Å². The van der Waals surface area contributed by atoms with Gasteiger partial charge in [0.2, 0.25) is 0 Å². The lowest BCUT2D eigenvalue weighted by molar-refractivity contribution is 0.0711. The van der Waals surface area contributed by atoms with Gasteiger partial charge < -0.3 is 4.90 Å². The number of hydrogen-bond donors (Lipinski definition) is 0. The van der Waals surface area contributed by atoms with Gasteiger partial charge in [0.25, 0.3) is 5.91 Å². The Labute approximate surface area is 179 Å². The van der Waals surface area contributed by atoms with E-state index in [-0.39, 0.29) is 18.0 Å². The van der Waals surface area contributed by atoms with Crippen molar-refractivity contribution in [3.8, 4) is 5.69 Å². The minimum atomic E-state index is -1.13. The molecule has 4 aromatic rings. The van der Waals surface area contributed by atoms with E-state index in [0.29, 0.717) is 12.4 Å². The standard InChI is InChI=1S/C25H23F2N3O/c1-17(2)15-29(25(31)19-11-8-12-20(26)24(19)27)16-23-28-21-13-6-7-14-22(21)30(23)18-9-4-3-5-10-18/h3-14,17H,15-16H2,1-2H3. The molecule has 0 aliphatic rings. The van der Waals surface area contributed by atoms with E-state index in [1.807, 2.05) is 73.0 Å². The summed E-state index contributed by atoms with van der Waals surface area (Å²) in [6.45, 7) is 4.49. The minimum absolute atomic E-state index is 0.134. The number of carbonyl (C=O) groups excluding carboxylic acids is 1. The molecule has 158 valence electrons. The average Bonchev–Trinajstić information content (AvgIpc) is 3.13. The fourth-order valence-corrected chi connectivity index (χ4v) is 3.72. The van der Waals surface area contributed by atoms with Gasteiger partial charge in [0.15, 0.2) is 11.6 Å². The van der Waals surface area contributed by atoms with Gasteiger partial charge >= 0.3 is 0 Å². The first-order valence-corrected chi connectivity index (χ1v) is 10.2. The number of rotatable bonds is 6. The molecule has 0 N–H and O–H groups in total. The second-order valence-electron chi connectivity index (χ2n) is 7.87. The zero-order valence-corrected chi connectivity index (χ0v) is 17.4. The third kappa shape index (κ3) is 4.19. The van der Waals surface area contributed by atoms with E-state index >= 15 is 0 Å². The zero-order chi connectivity index (χ0) is 22.0. The summed E-state index contributed by atoms with van der Waals surface area (Å²) in [5, 5.41) is 0. The number of para-hydroxylation sites is 3. The van der Waals surface area contributed by atoms with Crippen molar-refractivity contribution >= 4 is 16.9 Å². The van der Waals surface area contributed by atoms with Gasteiger partial charge in [-0.3, -0.25) is 9.36 Å². The number of imidazole rings is 1. The summed E-state index contributed by atoms with van der Waals surface area (Å²) in [4.78, 5) is 19.5. The number of amides is 1. The third-order valence-corrected chi connectivity index (χ3v) is 5.03. The van der Waals surface area contributed by atoms with Crippen LogP contribution < -0.4 is 0 Å². The van der Waals surface area contributed by atoms with Crippen LogP contribution in [0.15, 0.2) is 72.8 Å². The molecule has 0 bridgehead atoms. The van der Waals surface area contributed by atoms with Crippen molar-refractivity contribution in [3.05, 3.63) is 95.8 Å². The Morgan fingerprint density at radius 2 is 1.68 bits per heavy atom. The van der Waals surface area contributed by atoms with E-state index in [2.05, 4.69) is 0 Å². The summed E-state index contributed by atoms with van der Waals surface area (Å²) in [5.74, 6) is -1.93. The van der Waals surface area contributed by atoms with Crippen molar-refractivity contribution in [3.63, 3.8) is 0 Å². The molecule has 6 heteroatoms. The monoisotopic (exact) mass is 419 g/mol. The molecular weight excluding hydrogens is 396 g/mol. The highest BCUT2D eigenvalue weighted by molar-refractivity contribution is 5.94. The maximum absolute atomic E-state index is 14.4. The van der Waals surface area contributed by atoms with E-state index in [9.17, 15) is 13.6 Å². The Bertz CT molecular complexity index is 1220. The molecule has 0 radical (unpaired) electrons. The maximum Gasteiger partial charge on any atom is 0.257 e. The number of nitrogens with zero attached hydrogens (tertiary/aromatic N) is 3. The van der Waals surface area contributed by atoms with Crippen molar-refractivity contribution in [1.29, 1.82) is 0 Å². The van der Waals surface area contributed by atoms with Crippen molar-refractivity contribution in [2.24, 2.45) is 5.92 Å². The highest BCUT2D eigenvalue weighted by Gasteiger charge is 2.24. The molecular formula is C25H23F2N3O. The first kappa shape index (κ1) is 20.7. The second-order valence-corrected chi connectivity index (χ2v) is 7.87. The number of fused-ring (bicyclic) bond motifs is 1. The van der Waals surface area contributed by atoms with Gasteiger partial charge in [-0.25, -0.2) is 13.8 Å². The molecule has 1 heterocycles. The summed E-state index contributed by atoms with van der Waals surface area (Å²) in [5.41, 5.74) is 2.36. The smallest absolute Gasteiger partial charge is 0.257 e. The Morgan fingerprint density at radius 1 is 0.968 bits per heavy atom. The highest BCUT2D eigenvalue weighted by atomic mass is 19.2. The van der Waals surface area contributed by atoms with Crippen LogP contribution in [0.2, 0.25) is 0 Å². The Morgan fingerprint density at radius 3 is 2.42 bits per heavy atom. The van der Waals surface area contributed by atoms with E-state index < -0.39 is 17.5 Å². The molecule has 0 aliphatic carbocycles. The maximum atomic E-state index is 14.4. The molecule has 1 aromatic heterocycles. The highest BCUT2D eigenvalue weighted by Crippen LogP contribution is 2.24. The summed E-state index contributed by atoms with van der Waals surface area (Å²) >= 11 is 0. The lowest BCUT2D eigenvalue weighted by atomic mass is 10.1.